The minimum Gasteiger partial charge on any atom is -0.507 e. The molecule has 2 heterocycles. The molecule has 0 saturated heterocycles. The van der Waals surface area contributed by atoms with E-state index in [0.29, 0.717) is 16.9 Å². The predicted molar refractivity (Wildman–Crippen MR) is 107 cm³/mol. The molecule has 3 rings (SSSR count). The zero-order valence-corrected chi connectivity index (χ0v) is 16.6. The first-order chi connectivity index (χ1) is 12.8. The second kappa shape index (κ2) is 7.63. The van der Waals surface area contributed by atoms with E-state index < -0.39 is 11.6 Å². The number of allylic oxidation sites excluding steroid dienone is 4. The molecule has 2 aliphatic heterocycles. The van der Waals surface area contributed by atoms with Crippen LogP contribution in [0.1, 0.15) is 74.9 Å². The average Bonchev–Trinajstić information content (AvgIpc) is 2.95. The summed E-state index contributed by atoms with van der Waals surface area (Å²) in [6.45, 7) is 8.65. The Hall–Kier alpha value is -2.49. The van der Waals surface area contributed by atoms with E-state index in [1.54, 1.807) is 0 Å². The fourth-order valence-corrected chi connectivity index (χ4v) is 3.48. The van der Waals surface area contributed by atoms with E-state index >= 15 is 0 Å². The fraction of sp³-hybridized carbons (Fsp3) is 0.435. The minimum absolute atomic E-state index is 0.0518. The Kier molecular flexibility index (Phi) is 5.45. The quantitative estimate of drug-likeness (QED) is 0.517. The first-order valence-corrected chi connectivity index (χ1v) is 9.52. The molecule has 0 aliphatic carbocycles. The van der Waals surface area contributed by atoms with Crippen molar-refractivity contribution in [1.82, 2.24) is 0 Å². The van der Waals surface area contributed by atoms with Crippen LogP contribution in [0, 0.1) is 0 Å². The van der Waals surface area contributed by atoms with Crippen molar-refractivity contribution in [2.45, 2.75) is 65.6 Å². The maximum atomic E-state index is 11.8. The van der Waals surface area contributed by atoms with Crippen molar-refractivity contribution in [3.8, 4) is 11.5 Å². The Balaban J connectivity index is 1.69. The van der Waals surface area contributed by atoms with Gasteiger partial charge in [-0.3, -0.25) is 0 Å². The molecule has 0 radical (unpaired) electrons. The van der Waals surface area contributed by atoms with Crippen LogP contribution in [-0.2, 0) is 11.3 Å². The Bertz CT molecular complexity index is 840. The number of ether oxygens (including phenoxy) is 2. The molecule has 4 heteroatoms. The number of phenolic OH excluding ortho intramolecular Hbond substituents is 1. The minimum atomic E-state index is -0.475. The molecule has 144 valence electrons. The molecule has 1 aromatic carbocycles. The van der Waals surface area contributed by atoms with Gasteiger partial charge in [-0.2, -0.15) is 0 Å². The van der Waals surface area contributed by atoms with Crippen LogP contribution < -0.4 is 4.74 Å². The van der Waals surface area contributed by atoms with E-state index in [0.717, 1.165) is 31.2 Å². The average molecular weight is 368 g/mol. The number of phenols is 1. The van der Waals surface area contributed by atoms with E-state index in [1.807, 2.05) is 19.1 Å². The van der Waals surface area contributed by atoms with E-state index in [2.05, 4.69) is 32.9 Å². The smallest absolute Gasteiger partial charge is 0.339 e. The second-order valence-corrected chi connectivity index (χ2v) is 7.90. The van der Waals surface area contributed by atoms with Gasteiger partial charge < -0.3 is 14.6 Å². The summed E-state index contributed by atoms with van der Waals surface area (Å²) in [5, 5.41) is 10.2. The van der Waals surface area contributed by atoms with Crippen molar-refractivity contribution in [2.24, 2.45) is 0 Å². The van der Waals surface area contributed by atoms with Crippen molar-refractivity contribution >= 4 is 12.0 Å². The molecule has 1 N–H and O–H groups in total. The number of cyclic esters (lactones) is 1. The van der Waals surface area contributed by atoms with Crippen LogP contribution in [0.5, 0.6) is 11.5 Å². The summed E-state index contributed by atoms with van der Waals surface area (Å²) in [5.74, 6) is 0.221. The number of hydrogen-bond donors (Lipinski definition) is 1. The fourth-order valence-electron chi connectivity index (χ4n) is 3.48. The molecule has 2 aliphatic rings. The lowest BCUT2D eigenvalue weighted by Crippen LogP contribution is -2.32. The van der Waals surface area contributed by atoms with Crippen molar-refractivity contribution in [2.75, 3.05) is 0 Å². The lowest BCUT2D eigenvalue weighted by Gasteiger charge is -2.32. The van der Waals surface area contributed by atoms with Crippen LogP contribution in [0.15, 0.2) is 35.4 Å². The number of carbonyl (C=O) groups excluding carboxylic acids is 1. The summed E-state index contributed by atoms with van der Waals surface area (Å²) < 4.78 is 11.4. The highest BCUT2D eigenvalue weighted by molar-refractivity contribution is 5.96. The standard InChI is InChI=1S/C23H28O4/c1-15(2)7-5-8-16(3)9-6-11-23(4)12-10-17-20(24)13-18-19(21(17)27-23)14-26-22(18)25/h7,9-10,12-13,24H,5-6,8,11,14H2,1-4H3/b16-9+. The largest absolute Gasteiger partial charge is 0.507 e. The molecule has 27 heavy (non-hydrogen) atoms. The van der Waals surface area contributed by atoms with E-state index in [-0.39, 0.29) is 12.4 Å². The molecule has 0 amide bonds. The van der Waals surface area contributed by atoms with Crippen molar-refractivity contribution in [3.63, 3.8) is 0 Å². The normalized spacial score (nSPS) is 20.6. The van der Waals surface area contributed by atoms with Gasteiger partial charge in [0.2, 0.25) is 0 Å². The van der Waals surface area contributed by atoms with Crippen LogP contribution in [0.25, 0.3) is 6.08 Å². The summed E-state index contributed by atoms with van der Waals surface area (Å²) in [7, 11) is 0. The Morgan fingerprint density at radius 3 is 2.78 bits per heavy atom. The number of esters is 1. The number of benzene rings is 1. The number of fused-ring (bicyclic) bond motifs is 3. The van der Waals surface area contributed by atoms with Gasteiger partial charge in [-0.05, 0) is 71.6 Å². The molecular weight excluding hydrogens is 340 g/mol. The monoisotopic (exact) mass is 368 g/mol. The van der Waals surface area contributed by atoms with Crippen molar-refractivity contribution in [1.29, 1.82) is 0 Å². The zero-order valence-electron chi connectivity index (χ0n) is 16.6. The molecule has 0 saturated carbocycles. The summed E-state index contributed by atoms with van der Waals surface area (Å²) in [4.78, 5) is 11.8. The third-order valence-corrected chi connectivity index (χ3v) is 5.13. The molecule has 4 nitrogen and oxygen atoms in total. The molecule has 0 bridgehead atoms. The van der Waals surface area contributed by atoms with Crippen LogP contribution in [0.3, 0.4) is 0 Å². The second-order valence-electron chi connectivity index (χ2n) is 7.90. The first kappa shape index (κ1) is 19.3. The lowest BCUT2D eigenvalue weighted by molar-refractivity contribution is 0.0531. The summed E-state index contributed by atoms with van der Waals surface area (Å²) in [6, 6.07) is 1.47. The van der Waals surface area contributed by atoms with Crippen molar-refractivity contribution in [3.05, 3.63) is 52.1 Å². The summed E-state index contributed by atoms with van der Waals surface area (Å²) in [6.07, 6.45) is 12.3. The Morgan fingerprint density at radius 2 is 2.04 bits per heavy atom. The van der Waals surface area contributed by atoms with Crippen LogP contribution in [-0.4, -0.2) is 16.7 Å². The molecular formula is C23H28O4. The van der Waals surface area contributed by atoms with Gasteiger partial charge >= 0.3 is 5.97 Å². The lowest BCUT2D eigenvalue weighted by atomic mass is 9.92. The number of carbonyl (C=O) groups is 1. The van der Waals surface area contributed by atoms with E-state index in [1.165, 1.54) is 17.2 Å². The molecule has 1 unspecified atom stereocenters. The number of rotatable bonds is 6. The number of aromatic hydroxyl groups is 1. The highest BCUT2D eigenvalue weighted by Crippen LogP contribution is 2.44. The third-order valence-electron chi connectivity index (χ3n) is 5.13. The van der Waals surface area contributed by atoms with Gasteiger partial charge in [0.25, 0.3) is 0 Å². The Labute approximate surface area is 161 Å². The van der Waals surface area contributed by atoms with Crippen LogP contribution in [0.4, 0.5) is 0 Å². The van der Waals surface area contributed by atoms with E-state index in [9.17, 15) is 9.90 Å². The predicted octanol–water partition coefficient (Wildman–Crippen LogP) is 5.70. The number of hydrogen-bond acceptors (Lipinski definition) is 4. The topological polar surface area (TPSA) is 55.8 Å². The van der Waals surface area contributed by atoms with Gasteiger partial charge in [0.15, 0.2) is 0 Å². The van der Waals surface area contributed by atoms with Gasteiger partial charge in [0.05, 0.1) is 11.1 Å². The van der Waals surface area contributed by atoms with E-state index in [4.69, 9.17) is 9.47 Å². The highest BCUT2D eigenvalue weighted by Gasteiger charge is 2.34. The molecule has 1 aromatic rings. The first-order valence-electron chi connectivity index (χ1n) is 9.52. The molecule has 0 aromatic heterocycles. The third kappa shape index (κ3) is 4.26. The van der Waals surface area contributed by atoms with Crippen LogP contribution in [0.2, 0.25) is 0 Å². The van der Waals surface area contributed by atoms with Gasteiger partial charge in [-0.1, -0.05) is 23.3 Å². The molecule has 0 spiro atoms. The zero-order chi connectivity index (χ0) is 19.6. The summed E-state index contributed by atoms with van der Waals surface area (Å²) in [5.41, 5.74) is 4.02. The van der Waals surface area contributed by atoms with Crippen molar-refractivity contribution < 1.29 is 19.4 Å². The molecule has 1 atom stereocenters. The maximum absolute atomic E-state index is 11.8. The Morgan fingerprint density at radius 1 is 1.26 bits per heavy atom. The SMILES string of the molecule is CC(C)=CCC/C(C)=C/CCC1(C)C=Cc2c(O)cc3c(c2O1)COC3=O. The maximum Gasteiger partial charge on any atom is 0.339 e. The van der Waals surface area contributed by atoms with Gasteiger partial charge in [-0.25, -0.2) is 4.79 Å². The highest BCUT2D eigenvalue weighted by atomic mass is 16.5. The van der Waals surface area contributed by atoms with Gasteiger partial charge in [0, 0.05) is 5.56 Å². The molecule has 0 fully saturated rings. The van der Waals surface area contributed by atoms with Gasteiger partial charge in [0.1, 0.15) is 23.7 Å². The van der Waals surface area contributed by atoms with Gasteiger partial charge in [-0.15, -0.1) is 0 Å². The summed E-state index contributed by atoms with van der Waals surface area (Å²) >= 11 is 0. The van der Waals surface area contributed by atoms with Crippen LogP contribution >= 0.6 is 0 Å².